The van der Waals surface area contributed by atoms with E-state index in [4.69, 9.17) is 9.47 Å². The highest BCUT2D eigenvalue weighted by atomic mass is 32.2. The average Bonchev–Trinajstić information content (AvgIpc) is 3.48. The average molecular weight is 465 g/mol. The molecule has 1 aliphatic heterocycles. The molecule has 2 aromatic heterocycles. The number of nitrogens with zero attached hydrogens (tertiary/aromatic N) is 3. The van der Waals surface area contributed by atoms with Gasteiger partial charge in [-0.2, -0.15) is 0 Å². The number of nitrogens with one attached hydrogen (secondary N) is 1. The Balaban J connectivity index is 1.30. The molecule has 32 heavy (non-hydrogen) atoms. The van der Waals surface area contributed by atoms with Crippen LogP contribution in [0, 0.1) is 0 Å². The predicted octanol–water partition coefficient (Wildman–Crippen LogP) is 4.56. The number of thioether (sulfide) groups is 1. The maximum Gasteiger partial charge on any atom is 0.234 e. The number of hydrogen-bond donors (Lipinski definition) is 1. The van der Waals surface area contributed by atoms with Gasteiger partial charge in [0.05, 0.1) is 17.2 Å². The molecule has 1 aliphatic rings. The van der Waals surface area contributed by atoms with Crippen LogP contribution < -0.4 is 14.8 Å². The molecular weight excluding hydrogens is 444 g/mol. The molecule has 2 aromatic carbocycles. The van der Waals surface area contributed by atoms with Crippen molar-refractivity contribution in [2.24, 2.45) is 0 Å². The van der Waals surface area contributed by atoms with E-state index in [-0.39, 0.29) is 11.7 Å². The molecule has 0 radical (unpaired) electrons. The standard InChI is InChI=1S/C23H20N4O3S2/c28-21(24-17-8-9-18-19(13-17)30-11-10-29-18)15-32-23-26-25-22(20-7-4-12-31-20)27(23)14-16-5-2-1-3-6-16/h1-9,12-13H,10-11,14-15H2,(H,24,28). The maximum atomic E-state index is 12.6. The molecule has 0 saturated heterocycles. The van der Waals surface area contributed by atoms with Gasteiger partial charge in [-0.15, -0.1) is 21.5 Å². The van der Waals surface area contributed by atoms with Crippen LogP contribution >= 0.6 is 23.1 Å². The number of ether oxygens (including phenoxy) is 2. The van der Waals surface area contributed by atoms with Crippen molar-refractivity contribution in [3.8, 4) is 22.2 Å². The zero-order chi connectivity index (χ0) is 21.8. The van der Waals surface area contributed by atoms with Gasteiger partial charge >= 0.3 is 0 Å². The number of anilines is 1. The van der Waals surface area contributed by atoms with Crippen molar-refractivity contribution in [2.75, 3.05) is 24.3 Å². The fourth-order valence-electron chi connectivity index (χ4n) is 3.34. The van der Waals surface area contributed by atoms with E-state index in [9.17, 15) is 4.79 Å². The Morgan fingerprint density at radius 1 is 1.03 bits per heavy atom. The third-order valence-electron chi connectivity index (χ3n) is 4.80. The summed E-state index contributed by atoms with van der Waals surface area (Å²) in [6, 6.07) is 19.6. The molecule has 162 valence electrons. The Labute approximate surface area is 193 Å². The number of rotatable bonds is 7. The second kappa shape index (κ2) is 9.46. The minimum Gasteiger partial charge on any atom is -0.486 e. The van der Waals surface area contributed by atoms with Crippen LogP contribution in [0.15, 0.2) is 71.2 Å². The molecule has 9 heteroatoms. The molecule has 0 fully saturated rings. The van der Waals surface area contributed by atoms with Crippen molar-refractivity contribution < 1.29 is 14.3 Å². The van der Waals surface area contributed by atoms with Crippen LogP contribution in [0.4, 0.5) is 5.69 Å². The van der Waals surface area contributed by atoms with Gasteiger partial charge in [0.15, 0.2) is 22.5 Å². The smallest absolute Gasteiger partial charge is 0.234 e. The van der Waals surface area contributed by atoms with Crippen molar-refractivity contribution in [3.63, 3.8) is 0 Å². The fraction of sp³-hybridized carbons (Fsp3) is 0.174. The zero-order valence-electron chi connectivity index (χ0n) is 17.1. The van der Waals surface area contributed by atoms with Crippen molar-refractivity contribution in [1.29, 1.82) is 0 Å². The SMILES string of the molecule is O=C(CSc1nnc(-c2cccs2)n1Cc1ccccc1)Nc1ccc2c(c1)OCCO2. The van der Waals surface area contributed by atoms with E-state index in [1.807, 2.05) is 41.8 Å². The number of thiophene rings is 1. The number of carbonyl (C=O) groups is 1. The van der Waals surface area contributed by atoms with Gasteiger partial charge in [0.2, 0.25) is 5.91 Å². The van der Waals surface area contributed by atoms with Crippen LogP contribution in [0.25, 0.3) is 10.7 Å². The summed E-state index contributed by atoms with van der Waals surface area (Å²) in [4.78, 5) is 13.6. The molecule has 0 saturated carbocycles. The lowest BCUT2D eigenvalue weighted by Crippen LogP contribution is -2.17. The lowest BCUT2D eigenvalue weighted by atomic mass is 10.2. The number of carbonyl (C=O) groups excluding carboxylic acids is 1. The van der Waals surface area contributed by atoms with Crippen LogP contribution in [-0.2, 0) is 11.3 Å². The monoisotopic (exact) mass is 464 g/mol. The van der Waals surface area contributed by atoms with Crippen LogP contribution in [-0.4, -0.2) is 39.6 Å². The van der Waals surface area contributed by atoms with Gasteiger partial charge in [-0.05, 0) is 29.1 Å². The van der Waals surface area contributed by atoms with Crippen molar-refractivity contribution >= 4 is 34.7 Å². The van der Waals surface area contributed by atoms with Gasteiger partial charge in [-0.3, -0.25) is 9.36 Å². The summed E-state index contributed by atoms with van der Waals surface area (Å²) in [5.41, 5.74) is 1.82. The first kappa shape index (κ1) is 20.6. The molecule has 0 aliphatic carbocycles. The molecule has 0 spiro atoms. The van der Waals surface area contributed by atoms with Crippen LogP contribution in [0.2, 0.25) is 0 Å². The molecule has 5 rings (SSSR count). The van der Waals surface area contributed by atoms with Gasteiger partial charge in [0.25, 0.3) is 0 Å². The molecule has 0 unspecified atom stereocenters. The molecule has 7 nitrogen and oxygen atoms in total. The van der Waals surface area contributed by atoms with E-state index in [2.05, 4.69) is 32.2 Å². The van der Waals surface area contributed by atoms with E-state index in [0.717, 1.165) is 16.3 Å². The first-order chi connectivity index (χ1) is 15.8. The van der Waals surface area contributed by atoms with Crippen molar-refractivity contribution in [1.82, 2.24) is 14.8 Å². The fourth-order valence-corrected chi connectivity index (χ4v) is 4.80. The molecule has 1 N–H and O–H groups in total. The lowest BCUT2D eigenvalue weighted by molar-refractivity contribution is -0.113. The highest BCUT2D eigenvalue weighted by molar-refractivity contribution is 7.99. The van der Waals surface area contributed by atoms with E-state index in [0.29, 0.717) is 42.1 Å². The van der Waals surface area contributed by atoms with Crippen LogP contribution in [0.3, 0.4) is 0 Å². The lowest BCUT2D eigenvalue weighted by Gasteiger charge is -2.19. The normalized spacial score (nSPS) is 12.5. The molecule has 0 bridgehead atoms. The topological polar surface area (TPSA) is 78.3 Å². The molecule has 4 aromatic rings. The minimum atomic E-state index is -0.126. The molecule has 3 heterocycles. The summed E-state index contributed by atoms with van der Waals surface area (Å²) >= 11 is 2.98. The van der Waals surface area contributed by atoms with Gasteiger partial charge in [0.1, 0.15) is 13.2 Å². The molecule has 0 atom stereocenters. The highest BCUT2D eigenvalue weighted by Crippen LogP contribution is 2.33. The number of fused-ring (bicyclic) bond motifs is 1. The Kier molecular flexibility index (Phi) is 6.09. The Morgan fingerprint density at radius 3 is 2.69 bits per heavy atom. The first-order valence-electron chi connectivity index (χ1n) is 10.1. The van der Waals surface area contributed by atoms with E-state index >= 15 is 0 Å². The summed E-state index contributed by atoms with van der Waals surface area (Å²) < 4.78 is 13.2. The first-order valence-corrected chi connectivity index (χ1v) is 12.0. The van der Waals surface area contributed by atoms with Gasteiger partial charge < -0.3 is 14.8 Å². The van der Waals surface area contributed by atoms with Crippen LogP contribution in [0.1, 0.15) is 5.56 Å². The Morgan fingerprint density at radius 2 is 1.88 bits per heavy atom. The second-order valence-corrected chi connectivity index (χ2v) is 8.94. The summed E-state index contributed by atoms with van der Waals surface area (Å²) in [5, 5.41) is 14.4. The van der Waals surface area contributed by atoms with Crippen molar-refractivity contribution in [3.05, 3.63) is 71.6 Å². The molecule has 1 amide bonds. The molecular formula is C23H20N4O3S2. The van der Waals surface area contributed by atoms with Gasteiger partial charge in [-0.25, -0.2) is 0 Å². The zero-order valence-corrected chi connectivity index (χ0v) is 18.7. The summed E-state index contributed by atoms with van der Waals surface area (Å²) in [6.45, 7) is 1.67. The van der Waals surface area contributed by atoms with Gasteiger partial charge in [0, 0.05) is 11.8 Å². The third kappa shape index (κ3) is 4.63. The van der Waals surface area contributed by atoms with E-state index in [1.54, 1.807) is 23.5 Å². The quantitative estimate of drug-likeness (QED) is 0.404. The number of aromatic nitrogens is 3. The summed E-state index contributed by atoms with van der Waals surface area (Å²) in [7, 11) is 0. The number of hydrogen-bond acceptors (Lipinski definition) is 7. The maximum absolute atomic E-state index is 12.6. The van der Waals surface area contributed by atoms with Crippen LogP contribution in [0.5, 0.6) is 11.5 Å². The predicted molar refractivity (Wildman–Crippen MR) is 126 cm³/mol. The van der Waals surface area contributed by atoms with E-state index < -0.39 is 0 Å². The minimum absolute atomic E-state index is 0.126. The largest absolute Gasteiger partial charge is 0.486 e. The number of amides is 1. The van der Waals surface area contributed by atoms with Gasteiger partial charge in [-0.1, -0.05) is 48.2 Å². The van der Waals surface area contributed by atoms with E-state index in [1.165, 1.54) is 11.8 Å². The third-order valence-corrected chi connectivity index (χ3v) is 6.63. The Hall–Kier alpha value is -3.30. The Bertz CT molecular complexity index is 1210. The summed E-state index contributed by atoms with van der Waals surface area (Å²) in [5.74, 6) is 2.23. The summed E-state index contributed by atoms with van der Waals surface area (Å²) in [6.07, 6.45) is 0. The second-order valence-electron chi connectivity index (χ2n) is 7.05. The van der Waals surface area contributed by atoms with Crippen molar-refractivity contribution in [2.45, 2.75) is 11.7 Å². The number of benzene rings is 2. The highest BCUT2D eigenvalue weighted by Gasteiger charge is 2.17.